The first kappa shape index (κ1) is 15.0. The van der Waals surface area contributed by atoms with Crippen molar-refractivity contribution in [1.82, 2.24) is 4.37 Å². The average molecular weight is 338 g/mol. The maximum atomic E-state index is 12.3. The smallest absolute Gasteiger partial charge is 0.335 e. The maximum Gasteiger partial charge on any atom is 0.335 e. The maximum absolute atomic E-state index is 12.3. The van der Waals surface area contributed by atoms with E-state index in [1.54, 1.807) is 0 Å². The molecule has 1 aliphatic rings. The van der Waals surface area contributed by atoms with E-state index < -0.39 is 16.0 Å². The Morgan fingerprint density at radius 1 is 1.18 bits per heavy atom. The molecular weight excluding hydrogens is 324 g/mol. The third kappa shape index (κ3) is 2.71. The zero-order chi connectivity index (χ0) is 15.7. The fourth-order valence-electron chi connectivity index (χ4n) is 2.70. The fraction of sp³-hybridized carbons (Fsp3) is 0.286. The lowest BCUT2D eigenvalue weighted by Gasteiger charge is -2.21. The lowest BCUT2D eigenvalue weighted by Crippen LogP contribution is -2.17. The molecule has 6 nitrogen and oxygen atoms in total. The molecule has 116 valence electrons. The first-order chi connectivity index (χ1) is 10.5. The van der Waals surface area contributed by atoms with E-state index in [4.69, 9.17) is 0 Å². The highest BCUT2D eigenvalue weighted by molar-refractivity contribution is 7.94. The number of benzene rings is 1. The highest BCUT2D eigenvalue weighted by Crippen LogP contribution is 2.32. The van der Waals surface area contributed by atoms with Crippen molar-refractivity contribution in [3.8, 4) is 0 Å². The fourth-order valence-corrected chi connectivity index (χ4v) is 4.52. The number of sulfonamides is 1. The van der Waals surface area contributed by atoms with Crippen molar-refractivity contribution in [3.63, 3.8) is 0 Å². The van der Waals surface area contributed by atoms with Crippen LogP contribution in [0.4, 0.5) is 5.69 Å². The first-order valence-electron chi connectivity index (χ1n) is 6.80. The van der Waals surface area contributed by atoms with E-state index in [2.05, 4.69) is 9.10 Å². The van der Waals surface area contributed by atoms with E-state index >= 15 is 0 Å². The van der Waals surface area contributed by atoms with Crippen LogP contribution in [0.3, 0.4) is 0 Å². The van der Waals surface area contributed by atoms with Gasteiger partial charge in [0, 0.05) is 6.20 Å². The van der Waals surface area contributed by atoms with Crippen LogP contribution in [0.1, 0.15) is 34.3 Å². The number of nitrogens with one attached hydrogen (secondary N) is 1. The Hall–Kier alpha value is -1.93. The molecule has 1 heterocycles. The molecule has 8 heteroatoms. The summed E-state index contributed by atoms with van der Waals surface area (Å²) in [6.07, 6.45) is 4.61. The van der Waals surface area contributed by atoms with Crippen molar-refractivity contribution in [3.05, 3.63) is 41.1 Å². The summed E-state index contributed by atoms with van der Waals surface area (Å²) in [5, 5.41) is 9.27. The van der Waals surface area contributed by atoms with Crippen LogP contribution >= 0.6 is 11.5 Å². The topological polar surface area (TPSA) is 96.4 Å². The summed E-state index contributed by atoms with van der Waals surface area (Å²) < 4.78 is 31.1. The second-order valence-electron chi connectivity index (χ2n) is 5.07. The Kier molecular flexibility index (Phi) is 3.88. The van der Waals surface area contributed by atoms with E-state index in [-0.39, 0.29) is 9.77 Å². The lowest BCUT2D eigenvalue weighted by atomic mass is 9.87. The molecule has 0 spiro atoms. The molecule has 1 aliphatic carbocycles. The minimum absolute atomic E-state index is 0.138. The van der Waals surface area contributed by atoms with Gasteiger partial charge in [-0.15, -0.1) is 0 Å². The van der Waals surface area contributed by atoms with Crippen LogP contribution in [0.25, 0.3) is 0 Å². The summed E-state index contributed by atoms with van der Waals surface area (Å²) in [6.45, 7) is 0. The van der Waals surface area contributed by atoms with Crippen LogP contribution in [0.2, 0.25) is 0 Å². The molecular formula is C14H14N2O4S2. The van der Waals surface area contributed by atoms with Crippen molar-refractivity contribution < 1.29 is 18.3 Å². The number of aromatic nitrogens is 1. The predicted molar refractivity (Wildman–Crippen MR) is 83.0 cm³/mol. The molecule has 0 radical (unpaired) electrons. The highest BCUT2D eigenvalue weighted by atomic mass is 32.2. The van der Waals surface area contributed by atoms with Gasteiger partial charge in [-0.05, 0) is 66.5 Å². The van der Waals surface area contributed by atoms with E-state index in [1.807, 2.05) is 0 Å². The van der Waals surface area contributed by atoms with Gasteiger partial charge in [-0.1, -0.05) is 0 Å². The molecule has 2 N–H and O–H groups in total. The van der Waals surface area contributed by atoms with Crippen LogP contribution in [0, 0.1) is 0 Å². The van der Waals surface area contributed by atoms with Gasteiger partial charge in [0.2, 0.25) is 0 Å². The molecule has 2 aromatic rings. The van der Waals surface area contributed by atoms with E-state index in [9.17, 15) is 18.3 Å². The molecule has 0 unspecified atom stereocenters. The average Bonchev–Trinajstić information content (AvgIpc) is 3.02. The number of carbonyl (C=O) groups is 1. The number of hydrogen-bond acceptors (Lipinski definition) is 5. The predicted octanol–water partition coefficient (Wildman–Crippen LogP) is 2.52. The Labute approximate surface area is 132 Å². The minimum Gasteiger partial charge on any atom is -0.478 e. The van der Waals surface area contributed by atoms with Gasteiger partial charge in [0.1, 0.15) is 0 Å². The van der Waals surface area contributed by atoms with Crippen molar-refractivity contribution in [2.24, 2.45) is 0 Å². The summed E-state index contributed by atoms with van der Waals surface area (Å²) in [5.41, 5.74) is 2.26. The molecule has 1 aromatic heterocycles. The molecule has 0 saturated heterocycles. The Morgan fingerprint density at radius 2 is 1.91 bits per heavy atom. The quantitative estimate of drug-likeness (QED) is 0.893. The highest BCUT2D eigenvalue weighted by Gasteiger charge is 2.23. The van der Waals surface area contributed by atoms with E-state index in [0.29, 0.717) is 18.5 Å². The van der Waals surface area contributed by atoms with Crippen molar-refractivity contribution >= 4 is 33.2 Å². The largest absolute Gasteiger partial charge is 0.478 e. The Morgan fingerprint density at radius 3 is 2.55 bits per heavy atom. The Balaban J connectivity index is 2.04. The summed E-state index contributed by atoms with van der Waals surface area (Å²) in [5.74, 6) is -0.977. The van der Waals surface area contributed by atoms with E-state index in [1.165, 1.54) is 24.4 Å². The molecule has 22 heavy (non-hydrogen) atoms. The third-order valence-electron chi connectivity index (χ3n) is 3.69. The zero-order valence-electron chi connectivity index (χ0n) is 11.6. The number of carboxylic acid groups (broad SMARTS) is 1. The van der Waals surface area contributed by atoms with Crippen molar-refractivity contribution in [2.75, 3.05) is 4.72 Å². The molecule has 1 aromatic carbocycles. The Bertz CT molecular complexity index is 814. The van der Waals surface area contributed by atoms with Crippen molar-refractivity contribution in [2.45, 2.75) is 29.9 Å². The number of nitrogens with zero attached hydrogens (tertiary/aromatic N) is 1. The van der Waals surface area contributed by atoms with Gasteiger partial charge in [-0.25, -0.2) is 13.2 Å². The summed E-state index contributed by atoms with van der Waals surface area (Å²) in [7, 11) is -3.68. The molecule has 0 amide bonds. The SMILES string of the molecule is O=C(O)c1ccc(NS(=O)(=O)c2ccns2)c2c1CCCC2. The van der Waals surface area contributed by atoms with E-state index in [0.717, 1.165) is 35.5 Å². The second-order valence-corrected chi connectivity index (χ2v) is 7.81. The summed E-state index contributed by atoms with van der Waals surface area (Å²) in [6, 6.07) is 4.44. The number of carboxylic acids is 1. The third-order valence-corrected chi connectivity index (χ3v) is 6.27. The normalized spacial score (nSPS) is 14.4. The number of fused-ring (bicyclic) bond motifs is 1. The van der Waals surface area contributed by atoms with Crippen LogP contribution in [0.15, 0.2) is 28.6 Å². The molecule has 0 saturated carbocycles. The number of rotatable bonds is 4. The molecule has 0 bridgehead atoms. The van der Waals surface area contributed by atoms with Crippen LogP contribution < -0.4 is 4.72 Å². The number of aromatic carboxylic acids is 1. The second kappa shape index (κ2) is 5.69. The van der Waals surface area contributed by atoms with Gasteiger partial charge in [-0.2, -0.15) is 4.37 Å². The molecule has 0 aliphatic heterocycles. The van der Waals surface area contributed by atoms with Gasteiger partial charge in [0.05, 0.1) is 11.3 Å². The standard InChI is InChI=1S/C14H14N2O4S2/c17-14(18)11-5-6-12(10-4-2-1-3-9(10)11)16-22(19,20)13-7-8-15-21-13/h5-8,16H,1-4H2,(H,17,18). The zero-order valence-corrected chi connectivity index (χ0v) is 13.2. The van der Waals surface area contributed by atoms with Crippen LogP contribution in [-0.4, -0.2) is 23.9 Å². The van der Waals surface area contributed by atoms with Crippen LogP contribution in [-0.2, 0) is 22.9 Å². The van der Waals surface area contributed by atoms with Crippen LogP contribution in [0.5, 0.6) is 0 Å². The molecule has 3 rings (SSSR count). The molecule has 0 fully saturated rings. The monoisotopic (exact) mass is 338 g/mol. The lowest BCUT2D eigenvalue weighted by molar-refractivity contribution is 0.0695. The summed E-state index contributed by atoms with van der Waals surface area (Å²) in [4.78, 5) is 11.3. The first-order valence-corrected chi connectivity index (χ1v) is 9.06. The van der Waals surface area contributed by atoms with Gasteiger partial charge in [0.25, 0.3) is 10.0 Å². The minimum atomic E-state index is -3.68. The van der Waals surface area contributed by atoms with Crippen molar-refractivity contribution in [1.29, 1.82) is 0 Å². The van der Waals surface area contributed by atoms with Gasteiger partial charge >= 0.3 is 5.97 Å². The number of anilines is 1. The van der Waals surface area contributed by atoms with Gasteiger partial charge in [0.15, 0.2) is 4.21 Å². The number of hydrogen-bond donors (Lipinski definition) is 2. The molecule has 0 atom stereocenters. The van der Waals surface area contributed by atoms with Gasteiger partial charge in [-0.3, -0.25) is 4.72 Å². The van der Waals surface area contributed by atoms with Gasteiger partial charge < -0.3 is 5.11 Å². The summed E-state index contributed by atoms with van der Waals surface area (Å²) >= 11 is 0.900.